The van der Waals surface area contributed by atoms with Gasteiger partial charge in [-0.15, -0.1) is 0 Å². The van der Waals surface area contributed by atoms with E-state index in [1.54, 1.807) is 12.3 Å². The molecule has 124 valence electrons. The van der Waals surface area contributed by atoms with Gasteiger partial charge in [-0.1, -0.05) is 12.1 Å². The molecule has 0 saturated carbocycles. The van der Waals surface area contributed by atoms with E-state index in [9.17, 15) is 13.6 Å². The zero-order chi connectivity index (χ0) is 17.3. The second-order valence-corrected chi connectivity index (χ2v) is 6.02. The van der Waals surface area contributed by atoms with Crippen LogP contribution in [0.3, 0.4) is 0 Å². The van der Waals surface area contributed by atoms with E-state index in [1.807, 2.05) is 0 Å². The highest BCUT2D eigenvalue weighted by atomic mass is 79.9. The number of nitrogens with zero attached hydrogens (tertiary/aromatic N) is 2. The second-order valence-electron chi connectivity index (χ2n) is 5.23. The zero-order valence-electron chi connectivity index (χ0n) is 12.7. The summed E-state index contributed by atoms with van der Waals surface area (Å²) in [5.41, 5.74) is 1.36. The summed E-state index contributed by atoms with van der Waals surface area (Å²) in [5, 5.41) is 4.83. The van der Waals surface area contributed by atoms with Crippen LogP contribution in [-0.4, -0.2) is 22.9 Å². The van der Waals surface area contributed by atoms with E-state index in [4.69, 9.17) is 0 Å². The van der Waals surface area contributed by atoms with Gasteiger partial charge in [0, 0.05) is 11.6 Å². The van der Waals surface area contributed by atoms with Gasteiger partial charge in [0.1, 0.15) is 12.0 Å². The first-order valence-corrected chi connectivity index (χ1v) is 7.92. The fourth-order valence-electron chi connectivity index (χ4n) is 2.39. The van der Waals surface area contributed by atoms with Crippen molar-refractivity contribution in [3.63, 3.8) is 0 Å². The van der Waals surface area contributed by atoms with E-state index in [-0.39, 0.29) is 6.54 Å². The third-order valence-electron chi connectivity index (χ3n) is 3.66. The van der Waals surface area contributed by atoms with Crippen LogP contribution >= 0.6 is 15.9 Å². The highest BCUT2D eigenvalue weighted by Gasteiger charge is 2.15. The molecule has 0 fully saturated rings. The third-order valence-corrected chi connectivity index (χ3v) is 4.47. The van der Waals surface area contributed by atoms with Crippen LogP contribution < -0.4 is 0 Å². The minimum Gasteiger partial charge on any atom is -0.465 e. The molecule has 1 unspecified atom stereocenters. The number of carbonyl (C=O) groups is 1. The molecule has 1 heterocycles. The van der Waals surface area contributed by atoms with Gasteiger partial charge in [0.2, 0.25) is 0 Å². The molecule has 3 rings (SSSR count). The van der Waals surface area contributed by atoms with Crippen LogP contribution in [0.4, 0.5) is 8.78 Å². The molecule has 24 heavy (non-hydrogen) atoms. The van der Waals surface area contributed by atoms with Crippen molar-refractivity contribution in [2.24, 2.45) is 0 Å². The SMILES string of the molecule is COC(=O)c1ccc(C(F)Cn2cc3c(Br)c(F)ccc3n2)cc1. The summed E-state index contributed by atoms with van der Waals surface area (Å²) in [7, 11) is 1.29. The van der Waals surface area contributed by atoms with Gasteiger partial charge < -0.3 is 4.74 Å². The molecule has 0 amide bonds. The first-order chi connectivity index (χ1) is 11.5. The summed E-state index contributed by atoms with van der Waals surface area (Å²) in [6.45, 7) is -0.0136. The number of rotatable bonds is 4. The maximum atomic E-state index is 14.5. The van der Waals surface area contributed by atoms with Gasteiger partial charge in [-0.2, -0.15) is 5.10 Å². The summed E-state index contributed by atoms with van der Waals surface area (Å²) >= 11 is 3.17. The number of carbonyl (C=O) groups excluding carboxylic acids is 1. The molecule has 0 saturated heterocycles. The molecule has 4 nitrogen and oxygen atoms in total. The Morgan fingerprint density at radius 1 is 1.29 bits per heavy atom. The quantitative estimate of drug-likeness (QED) is 0.614. The van der Waals surface area contributed by atoms with Crippen molar-refractivity contribution in [1.82, 2.24) is 9.78 Å². The van der Waals surface area contributed by atoms with Gasteiger partial charge >= 0.3 is 5.97 Å². The van der Waals surface area contributed by atoms with Crippen LogP contribution in [-0.2, 0) is 11.3 Å². The number of methoxy groups -OCH3 is 1. The van der Waals surface area contributed by atoms with Crippen molar-refractivity contribution in [2.45, 2.75) is 12.7 Å². The predicted octanol–water partition coefficient (Wildman–Crippen LogP) is 4.44. The van der Waals surface area contributed by atoms with Gasteiger partial charge in [0.25, 0.3) is 0 Å². The molecule has 7 heteroatoms. The largest absolute Gasteiger partial charge is 0.465 e. The summed E-state index contributed by atoms with van der Waals surface area (Å²) in [6, 6.07) is 8.95. The van der Waals surface area contributed by atoms with Crippen molar-refractivity contribution in [2.75, 3.05) is 7.11 Å². The second kappa shape index (κ2) is 6.68. The minimum atomic E-state index is -1.31. The number of fused-ring (bicyclic) bond motifs is 1. The lowest BCUT2D eigenvalue weighted by Gasteiger charge is -2.09. The third kappa shape index (κ3) is 3.17. The molecule has 1 atom stereocenters. The number of hydrogen-bond donors (Lipinski definition) is 0. The normalized spacial score (nSPS) is 12.3. The van der Waals surface area contributed by atoms with Crippen molar-refractivity contribution in [3.8, 4) is 0 Å². The smallest absolute Gasteiger partial charge is 0.337 e. The van der Waals surface area contributed by atoms with Crippen molar-refractivity contribution >= 4 is 32.8 Å². The highest BCUT2D eigenvalue weighted by molar-refractivity contribution is 9.10. The maximum absolute atomic E-state index is 14.5. The van der Waals surface area contributed by atoms with E-state index in [0.29, 0.717) is 26.5 Å². The Labute approximate surface area is 145 Å². The van der Waals surface area contributed by atoms with Crippen LogP contribution in [0.15, 0.2) is 47.1 Å². The van der Waals surface area contributed by atoms with E-state index >= 15 is 0 Å². The number of alkyl halides is 1. The van der Waals surface area contributed by atoms with Crippen LogP contribution in [0.25, 0.3) is 10.9 Å². The Morgan fingerprint density at radius 2 is 2.00 bits per heavy atom. The Balaban J connectivity index is 1.80. The van der Waals surface area contributed by atoms with Crippen molar-refractivity contribution < 1.29 is 18.3 Å². The lowest BCUT2D eigenvalue weighted by Crippen LogP contribution is -2.06. The molecule has 0 spiro atoms. The first-order valence-electron chi connectivity index (χ1n) is 7.13. The topological polar surface area (TPSA) is 44.1 Å². The van der Waals surface area contributed by atoms with Crippen LogP contribution in [0.2, 0.25) is 0 Å². The first kappa shape index (κ1) is 16.6. The summed E-state index contributed by atoms with van der Waals surface area (Å²) in [6.07, 6.45) is 0.285. The molecule has 0 aliphatic carbocycles. The number of ether oxygens (including phenoxy) is 1. The standard InChI is InChI=1S/C17H13BrF2N2O2/c1-24-17(23)11-4-2-10(3-5-11)14(20)9-22-8-12-15(21-22)7-6-13(19)16(12)18/h2-8,14H,9H2,1H3. The maximum Gasteiger partial charge on any atom is 0.337 e. The Kier molecular flexibility index (Phi) is 4.62. The van der Waals surface area contributed by atoms with Crippen LogP contribution in [0.5, 0.6) is 0 Å². The Hall–Kier alpha value is -2.28. The lowest BCUT2D eigenvalue weighted by atomic mass is 10.1. The highest BCUT2D eigenvalue weighted by Crippen LogP contribution is 2.27. The van der Waals surface area contributed by atoms with Gasteiger partial charge in [0.15, 0.2) is 0 Å². The molecule has 0 radical (unpaired) electrons. The Morgan fingerprint density at radius 3 is 2.67 bits per heavy atom. The number of esters is 1. The zero-order valence-corrected chi connectivity index (χ0v) is 14.3. The van der Waals surface area contributed by atoms with E-state index in [2.05, 4.69) is 25.8 Å². The van der Waals surface area contributed by atoms with Gasteiger partial charge in [0.05, 0.1) is 29.2 Å². The fraction of sp³-hybridized carbons (Fsp3) is 0.176. The summed E-state index contributed by atoms with van der Waals surface area (Å²) in [5.74, 6) is -0.862. The molecule has 0 bridgehead atoms. The van der Waals surface area contributed by atoms with Gasteiger partial charge in [-0.25, -0.2) is 13.6 Å². The van der Waals surface area contributed by atoms with Crippen molar-refractivity contribution in [1.29, 1.82) is 0 Å². The van der Waals surface area contributed by atoms with Gasteiger partial charge in [-0.3, -0.25) is 4.68 Å². The Bertz CT molecular complexity index is 893. The molecule has 0 aliphatic rings. The number of benzene rings is 2. The molecular weight excluding hydrogens is 382 g/mol. The van der Waals surface area contributed by atoms with Crippen LogP contribution in [0.1, 0.15) is 22.1 Å². The number of aromatic nitrogens is 2. The lowest BCUT2D eigenvalue weighted by molar-refractivity contribution is 0.0600. The summed E-state index contributed by atoms with van der Waals surface area (Å²) in [4.78, 5) is 11.4. The molecular formula is C17H13BrF2N2O2. The van der Waals surface area contributed by atoms with E-state index in [1.165, 1.54) is 42.1 Å². The molecule has 0 aliphatic heterocycles. The van der Waals surface area contributed by atoms with E-state index < -0.39 is 18.0 Å². The molecule has 0 N–H and O–H groups in total. The number of halogens is 3. The minimum absolute atomic E-state index is 0.0136. The van der Waals surface area contributed by atoms with Gasteiger partial charge in [-0.05, 0) is 45.8 Å². The molecule has 3 aromatic rings. The van der Waals surface area contributed by atoms with Crippen LogP contribution in [0, 0.1) is 5.82 Å². The fourth-order valence-corrected chi connectivity index (χ4v) is 2.83. The van der Waals surface area contributed by atoms with Crippen molar-refractivity contribution in [3.05, 3.63) is 64.0 Å². The monoisotopic (exact) mass is 394 g/mol. The average Bonchev–Trinajstić information content (AvgIpc) is 3.01. The predicted molar refractivity (Wildman–Crippen MR) is 89.0 cm³/mol. The average molecular weight is 395 g/mol. The molecule has 1 aromatic heterocycles. The molecule has 2 aromatic carbocycles. The number of hydrogen-bond acceptors (Lipinski definition) is 3. The summed E-state index contributed by atoms with van der Waals surface area (Å²) < 4.78 is 34.4. The van der Waals surface area contributed by atoms with E-state index in [0.717, 1.165) is 0 Å².